The number of carbonyl (C=O) groups is 1. The first-order valence-corrected chi connectivity index (χ1v) is 14.7. The summed E-state index contributed by atoms with van der Waals surface area (Å²) in [5.41, 5.74) is 7.06. The van der Waals surface area contributed by atoms with Gasteiger partial charge in [-0.25, -0.2) is 9.67 Å². The van der Waals surface area contributed by atoms with Gasteiger partial charge < -0.3 is 15.0 Å². The topological polar surface area (TPSA) is 75.5 Å². The van der Waals surface area contributed by atoms with Gasteiger partial charge >= 0.3 is 5.97 Å². The molecule has 0 radical (unpaired) electrons. The number of anilines is 1. The maximum atomic E-state index is 12.4. The number of ether oxygens (including phenoxy) is 1. The molecule has 3 aliphatic heterocycles. The van der Waals surface area contributed by atoms with Gasteiger partial charge in [-0.05, 0) is 68.1 Å². The highest BCUT2D eigenvalue weighted by molar-refractivity contribution is 9.10. The van der Waals surface area contributed by atoms with Crippen LogP contribution >= 0.6 is 15.9 Å². The highest BCUT2D eigenvalue weighted by Gasteiger charge is 2.51. The number of hydrogen-bond acceptors (Lipinski definition) is 7. The lowest BCUT2D eigenvalue weighted by atomic mass is 9.72. The average Bonchev–Trinajstić information content (AvgIpc) is 3.22. The molecular formula is C30H37BrN6O2. The molecule has 0 unspecified atom stereocenters. The Hall–Kier alpha value is -2.75. The highest BCUT2D eigenvalue weighted by Crippen LogP contribution is 2.42. The molecule has 3 aliphatic rings. The van der Waals surface area contributed by atoms with E-state index in [-0.39, 0.29) is 11.9 Å². The maximum Gasteiger partial charge on any atom is 0.306 e. The number of aryl methyl sites for hydroxylation is 3. The Morgan fingerprint density at radius 3 is 2.67 bits per heavy atom. The van der Waals surface area contributed by atoms with E-state index < -0.39 is 0 Å². The molecule has 1 aromatic carbocycles. The molecule has 6 rings (SSSR count). The molecule has 9 heteroatoms. The molecule has 5 heterocycles. The fraction of sp³-hybridized carbons (Fsp3) is 0.500. The van der Waals surface area contributed by atoms with E-state index in [1.54, 1.807) is 0 Å². The predicted octanol–water partition coefficient (Wildman–Crippen LogP) is 4.47. The summed E-state index contributed by atoms with van der Waals surface area (Å²) in [7, 11) is 1.47. The third kappa shape index (κ3) is 5.62. The minimum absolute atomic E-state index is 0.0476. The van der Waals surface area contributed by atoms with Crippen molar-refractivity contribution in [2.24, 2.45) is 5.41 Å². The monoisotopic (exact) mass is 592 g/mol. The van der Waals surface area contributed by atoms with Crippen molar-refractivity contribution in [1.29, 1.82) is 0 Å². The SMILES string of the molecule is COC(=O)C[C@H](CN1CC2(CN(Cc3ccc4c(n3)NCCC4)C2)C1)c1cc(Br)cc(-n2nc(C)cc2C)c1. The zero-order valence-corrected chi connectivity index (χ0v) is 24.6. The Balaban J connectivity index is 1.09. The summed E-state index contributed by atoms with van der Waals surface area (Å²) in [6.07, 6.45) is 2.67. The van der Waals surface area contributed by atoms with Crippen LogP contribution < -0.4 is 5.32 Å². The van der Waals surface area contributed by atoms with Crippen molar-refractivity contribution in [3.05, 3.63) is 69.1 Å². The third-order valence-corrected chi connectivity index (χ3v) is 8.78. The fourth-order valence-electron chi connectivity index (χ4n) is 6.66. The van der Waals surface area contributed by atoms with Crippen molar-refractivity contribution < 1.29 is 9.53 Å². The van der Waals surface area contributed by atoms with E-state index in [9.17, 15) is 4.79 Å². The van der Waals surface area contributed by atoms with Gasteiger partial charge in [0.05, 0.1) is 30.6 Å². The van der Waals surface area contributed by atoms with E-state index in [1.165, 1.54) is 19.1 Å². The number of carbonyl (C=O) groups excluding carboxylic acids is 1. The number of hydrogen-bond donors (Lipinski definition) is 1. The van der Waals surface area contributed by atoms with Crippen LogP contribution in [0.5, 0.6) is 0 Å². The zero-order valence-electron chi connectivity index (χ0n) is 23.0. The van der Waals surface area contributed by atoms with E-state index in [0.29, 0.717) is 11.8 Å². The minimum atomic E-state index is -0.176. The Labute approximate surface area is 238 Å². The van der Waals surface area contributed by atoms with E-state index in [1.807, 2.05) is 11.6 Å². The molecule has 2 saturated heterocycles. The second kappa shape index (κ2) is 10.7. The number of halogens is 1. The molecule has 39 heavy (non-hydrogen) atoms. The molecule has 0 aliphatic carbocycles. The standard InChI is InChI=1S/C30H37BrN6O2/c1-20-9-21(2)37(34-20)27-11-23(10-25(31)13-27)24(12-28(38)39-3)14-35-16-30(17-35)18-36(19-30)15-26-7-6-22-5-4-8-32-29(22)33-26/h6-7,9-11,13,24H,4-5,8,12,14-19H2,1-3H3,(H,32,33)/t24-/m1/s1. The summed E-state index contributed by atoms with van der Waals surface area (Å²) >= 11 is 3.70. The Morgan fingerprint density at radius 1 is 1.13 bits per heavy atom. The summed E-state index contributed by atoms with van der Waals surface area (Å²) in [6.45, 7) is 11.2. The quantitative estimate of drug-likeness (QED) is 0.387. The predicted molar refractivity (Wildman–Crippen MR) is 155 cm³/mol. The molecule has 1 spiro atoms. The van der Waals surface area contributed by atoms with Gasteiger partial charge in [-0.15, -0.1) is 0 Å². The molecule has 206 valence electrons. The molecular weight excluding hydrogens is 556 g/mol. The molecule has 1 N–H and O–H groups in total. The van der Waals surface area contributed by atoms with Crippen molar-refractivity contribution in [3.8, 4) is 5.69 Å². The normalized spacial score (nSPS) is 19.1. The van der Waals surface area contributed by atoms with E-state index in [2.05, 4.69) is 79.5 Å². The molecule has 3 aromatic rings. The maximum absolute atomic E-state index is 12.4. The lowest BCUT2D eigenvalue weighted by molar-refractivity contribution is -0.142. The molecule has 2 fully saturated rings. The van der Waals surface area contributed by atoms with Crippen molar-refractivity contribution in [2.75, 3.05) is 51.7 Å². The first kappa shape index (κ1) is 26.5. The Morgan fingerprint density at radius 2 is 1.92 bits per heavy atom. The average molecular weight is 594 g/mol. The minimum Gasteiger partial charge on any atom is -0.469 e. The zero-order chi connectivity index (χ0) is 27.1. The number of methoxy groups -OCH3 is 1. The summed E-state index contributed by atoms with van der Waals surface area (Å²) in [5, 5.41) is 8.11. The molecule has 0 bridgehead atoms. The Kier molecular flexibility index (Phi) is 7.24. The number of esters is 1. The smallest absolute Gasteiger partial charge is 0.306 e. The first-order chi connectivity index (χ1) is 18.8. The van der Waals surface area contributed by atoms with Crippen LogP contribution in [0.25, 0.3) is 5.69 Å². The molecule has 1 atom stereocenters. The largest absolute Gasteiger partial charge is 0.469 e. The van der Waals surface area contributed by atoms with Gasteiger partial charge in [-0.1, -0.05) is 22.0 Å². The Bertz CT molecular complexity index is 1370. The number of rotatable bonds is 8. The van der Waals surface area contributed by atoms with Crippen LogP contribution in [0.15, 0.2) is 40.9 Å². The number of nitrogens with zero attached hydrogens (tertiary/aromatic N) is 5. The number of nitrogens with one attached hydrogen (secondary N) is 1. The van der Waals surface area contributed by atoms with Crippen LogP contribution in [0.1, 0.15) is 47.0 Å². The van der Waals surface area contributed by atoms with Crippen LogP contribution in [-0.2, 0) is 22.5 Å². The van der Waals surface area contributed by atoms with Crippen LogP contribution in [0, 0.1) is 19.3 Å². The van der Waals surface area contributed by atoms with Gasteiger partial charge in [-0.2, -0.15) is 5.10 Å². The number of pyridine rings is 1. The summed E-state index contributed by atoms with van der Waals surface area (Å²) in [5.74, 6) is 0.949. The van der Waals surface area contributed by atoms with Crippen molar-refractivity contribution in [3.63, 3.8) is 0 Å². The van der Waals surface area contributed by atoms with Gasteiger partial charge in [0.1, 0.15) is 5.82 Å². The van der Waals surface area contributed by atoms with E-state index in [0.717, 1.165) is 90.9 Å². The number of benzene rings is 1. The van der Waals surface area contributed by atoms with Crippen molar-refractivity contribution >= 4 is 27.7 Å². The fourth-order valence-corrected chi connectivity index (χ4v) is 7.16. The lowest BCUT2D eigenvalue weighted by Gasteiger charge is -2.61. The molecule has 0 amide bonds. The lowest BCUT2D eigenvalue weighted by Crippen LogP contribution is -2.71. The van der Waals surface area contributed by atoms with Crippen molar-refractivity contribution in [1.82, 2.24) is 24.6 Å². The number of aromatic nitrogens is 3. The van der Waals surface area contributed by atoms with Crippen LogP contribution in [0.4, 0.5) is 5.82 Å². The first-order valence-electron chi connectivity index (χ1n) is 13.9. The summed E-state index contributed by atoms with van der Waals surface area (Å²) in [4.78, 5) is 22.3. The number of fused-ring (bicyclic) bond motifs is 1. The van der Waals surface area contributed by atoms with E-state index in [4.69, 9.17) is 9.72 Å². The highest BCUT2D eigenvalue weighted by atomic mass is 79.9. The van der Waals surface area contributed by atoms with Crippen molar-refractivity contribution in [2.45, 2.75) is 45.6 Å². The van der Waals surface area contributed by atoms with Crippen LogP contribution in [0.3, 0.4) is 0 Å². The van der Waals surface area contributed by atoms with Crippen LogP contribution in [0.2, 0.25) is 0 Å². The van der Waals surface area contributed by atoms with E-state index >= 15 is 0 Å². The molecule has 0 saturated carbocycles. The second-order valence-electron chi connectivity index (χ2n) is 11.7. The van der Waals surface area contributed by atoms with Gasteiger partial charge in [0, 0.05) is 67.3 Å². The number of likely N-dealkylation sites (tertiary alicyclic amines) is 2. The van der Waals surface area contributed by atoms with Crippen LogP contribution in [-0.4, -0.2) is 76.9 Å². The van der Waals surface area contributed by atoms with Gasteiger partial charge in [0.25, 0.3) is 0 Å². The van der Waals surface area contributed by atoms with Gasteiger partial charge in [0.15, 0.2) is 0 Å². The van der Waals surface area contributed by atoms with Gasteiger partial charge in [-0.3, -0.25) is 9.69 Å². The second-order valence-corrected chi connectivity index (χ2v) is 12.6. The van der Waals surface area contributed by atoms with Gasteiger partial charge in [0.2, 0.25) is 0 Å². The molecule has 8 nitrogen and oxygen atoms in total. The third-order valence-electron chi connectivity index (χ3n) is 8.32. The summed E-state index contributed by atoms with van der Waals surface area (Å²) < 4.78 is 8.03. The summed E-state index contributed by atoms with van der Waals surface area (Å²) in [6, 6.07) is 12.9. The molecule has 2 aromatic heterocycles.